The Labute approximate surface area is 118 Å². The lowest BCUT2D eigenvalue weighted by Crippen LogP contribution is -2.51. The van der Waals surface area contributed by atoms with E-state index in [-0.39, 0.29) is 0 Å². The van der Waals surface area contributed by atoms with Crippen LogP contribution in [0.5, 0.6) is 0 Å². The molecule has 5 nitrogen and oxygen atoms in total. The lowest BCUT2D eigenvalue weighted by molar-refractivity contribution is 0.0936. The van der Waals surface area contributed by atoms with E-state index in [9.17, 15) is 0 Å². The monoisotopic (exact) mass is 282 g/mol. The molecule has 2 heterocycles. The fraction of sp³-hybridized carbons (Fsp3) is 0.846. The molecule has 2 fully saturated rings. The van der Waals surface area contributed by atoms with Crippen LogP contribution in [0, 0.1) is 0 Å². The van der Waals surface area contributed by atoms with Gasteiger partial charge >= 0.3 is 0 Å². The Morgan fingerprint density at radius 2 is 2.32 bits per heavy atom. The van der Waals surface area contributed by atoms with Gasteiger partial charge in [0.25, 0.3) is 0 Å². The molecule has 106 valence electrons. The second-order valence-electron chi connectivity index (χ2n) is 5.69. The number of hydrogen-bond acceptors (Lipinski definition) is 6. The summed E-state index contributed by atoms with van der Waals surface area (Å²) in [5.74, 6) is 1.36. The molecule has 1 aliphatic heterocycles. The third-order valence-corrected chi connectivity index (χ3v) is 4.41. The molecule has 19 heavy (non-hydrogen) atoms. The third kappa shape index (κ3) is 3.24. The van der Waals surface area contributed by atoms with E-state index < -0.39 is 0 Å². The summed E-state index contributed by atoms with van der Waals surface area (Å²) in [6.07, 6.45) is 2.65. The molecule has 6 heteroatoms. The molecular formula is C13H22N4OS. The van der Waals surface area contributed by atoms with Crippen molar-refractivity contribution in [3.05, 3.63) is 5.82 Å². The third-order valence-electron chi connectivity index (χ3n) is 3.64. The number of anilines is 1. The molecule has 1 saturated carbocycles. The van der Waals surface area contributed by atoms with Gasteiger partial charge in [-0.3, -0.25) is 0 Å². The summed E-state index contributed by atoms with van der Waals surface area (Å²) in [5, 5.41) is 4.64. The molecule has 1 aliphatic carbocycles. The average molecular weight is 282 g/mol. The van der Waals surface area contributed by atoms with Crippen molar-refractivity contribution in [2.75, 3.05) is 31.2 Å². The molecule has 1 unspecified atom stereocenters. The van der Waals surface area contributed by atoms with Gasteiger partial charge in [0.1, 0.15) is 5.82 Å². The number of nitrogens with one attached hydrogen (secondary N) is 1. The zero-order valence-electron chi connectivity index (χ0n) is 11.6. The van der Waals surface area contributed by atoms with Gasteiger partial charge in [0.2, 0.25) is 5.13 Å². The first-order valence-corrected chi connectivity index (χ1v) is 7.92. The van der Waals surface area contributed by atoms with Crippen LogP contribution in [0.4, 0.5) is 5.13 Å². The van der Waals surface area contributed by atoms with Gasteiger partial charge in [-0.05, 0) is 12.8 Å². The van der Waals surface area contributed by atoms with Crippen molar-refractivity contribution in [1.82, 2.24) is 14.7 Å². The quantitative estimate of drug-likeness (QED) is 0.889. The molecule has 1 atom stereocenters. The summed E-state index contributed by atoms with van der Waals surface area (Å²) in [6, 6.07) is 1.13. The number of ether oxygens (including phenoxy) is 1. The molecule has 1 aromatic rings. The van der Waals surface area contributed by atoms with E-state index >= 15 is 0 Å². The van der Waals surface area contributed by atoms with Crippen molar-refractivity contribution in [2.24, 2.45) is 0 Å². The highest BCUT2D eigenvalue weighted by Gasteiger charge is 2.28. The number of hydrogen-bond donors (Lipinski definition) is 1. The molecule has 1 aromatic heterocycles. The van der Waals surface area contributed by atoms with Crippen molar-refractivity contribution in [3.8, 4) is 0 Å². The van der Waals surface area contributed by atoms with Crippen LogP contribution >= 0.6 is 11.5 Å². The highest BCUT2D eigenvalue weighted by Crippen LogP contribution is 2.25. The van der Waals surface area contributed by atoms with Gasteiger partial charge in [0, 0.05) is 36.6 Å². The molecule has 1 N–H and O–H groups in total. The fourth-order valence-electron chi connectivity index (χ4n) is 2.24. The van der Waals surface area contributed by atoms with Gasteiger partial charge in [-0.15, -0.1) is 0 Å². The van der Waals surface area contributed by atoms with Gasteiger partial charge in [-0.1, -0.05) is 13.8 Å². The van der Waals surface area contributed by atoms with Crippen molar-refractivity contribution in [1.29, 1.82) is 0 Å². The van der Waals surface area contributed by atoms with E-state index in [1.807, 2.05) is 0 Å². The maximum Gasteiger partial charge on any atom is 0.205 e. The molecule has 0 radical (unpaired) electrons. The van der Waals surface area contributed by atoms with E-state index in [0.717, 1.165) is 43.3 Å². The zero-order valence-corrected chi connectivity index (χ0v) is 12.4. The molecule has 3 rings (SSSR count). The van der Waals surface area contributed by atoms with Gasteiger partial charge in [0.05, 0.1) is 19.3 Å². The molecule has 0 aromatic carbocycles. The lowest BCUT2D eigenvalue weighted by Gasteiger charge is -2.35. The molecule has 1 saturated heterocycles. The van der Waals surface area contributed by atoms with Crippen LogP contribution in [0.3, 0.4) is 0 Å². The summed E-state index contributed by atoms with van der Waals surface area (Å²) in [6.45, 7) is 7.76. The molecule has 0 spiro atoms. The summed E-state index contributed by atoms with van der Waals surface area (Å²) in [4.78, 5) is 7.04. The molecule has 0 bridgehead atoms. The van der Waals surface area contributed by atoms with Crippen LogP contribution in [-0.2, 0) is 4.74 Å². The summed E-state index contributed by atoms with van der Waals surface area (Å²) in [5.41, 5.74) is 0. The first-order chi connectivity index (χ1) is 9.24. The number of nitrogens with zero attached hydrogens (tertiary/aromatic N) is 3. The fourth-order valence-corrected chi connectivity index (χ4v) is 3.15. The number of rotatable bonds is 5. The van der Waals surface area contributed by atoms with Crippen LogP contribution in [-0.4, -0.2) is 47.7 Å². The van der Waals surface area contributed by atoms with Crippen LogP contribution in [0.2, 0.25) is 0 Å². The average Bonchev–Trinajstić information content (AvgIpc) is 3.11. The topological polar surface area (TPSA) is 50.3 Å². The molecular weight excluding hydrogens is 260 g/mol. The van der Waals surface area contributed by atoms with Gasteiger partial charge < -0.3 is 15.0 Å². The smallest absolute Gasteiger partial charge is 0.205 e. The second kappa shape index (κ2) is 5.73. The first-order valence-electron chi connectivity index (χ1n) is 7.15. The van der Waals surface area contributed by atoms with Crippen LogP contribution < -0.4 is 10.2 Å². The van der Waals surface area contributed by atoms with Gasteiger partial charge in [-0.25, -0.2) is 4.98 Å². The Kier molecular flexibility index (Phi) is 4.00. The van der Waals surface area contributed by atoms with E-state index in [2.05, 4.69) is 33.4 Å². The Balaban J connectivity index is 1.66. The normalized spacial score (nSPS) is 24.2. The van der Waals surface area contributed by atoms with E-state index in [4.69, 9.17) is 4.74 Å². The van der Waals surface area contributed by atoms with Gasteiger partial charge in [0.15, 0.2) is 0 Å². The lowest BCUT2D eigenvalue weighted by atomic mass is 10.2. The zero-order chi connectivity index (χ0) is 13.2. The minimum atomic E-state index is 0.391. The Morgan fingerprint density at radius 1 is 1.47 bits per heavy atom. The summed E-state index contributed by atoms with van der Waals surface area (Å²) < 4.78 is 10.1. The second-order valence-corrected chi connectivity index (χ2v) is 6.42. The van der Waals surface area contributed by atoms with E-state index in [1.165, 1.54) is 24.4 Å². The minimum absolute atomic E-state index is 0.391. The van der Waals surface area contributed by atoms with Crippen molar-refractivity contribution < 1.29 is 4.74 Å². The minimum Gasteiger partial charge on any atom is -0.377 e. The standard InChI is InChI=1S/C13H22N4OS/c1-9(2)12-15-13(19-16-12)17-5-6-18-8-11(17)7-14-10-3-4-10/h9-11,14H,3-8H2,1-2H3. The number of morpholine rings is 1. The summed E-state index contributed by atoms with van der Waals surface area (Å²) >= 11 is 1.52. The van der Waals surface area contributed by atoms with Gasteiger partial charge in [-0.2, -0.15) is 4.37 Å². The first kappa shape index (κ1) is 13.3. The number of aromatic nitrogens is 2. The maximum absolute atomic E-state index is 5.62. The predicted octanol–water partition coefficient (Wildman–Crippen LogP) is 1.62. The maximum atomic E-state index is 5.62. The highest BCUT2D eigenvalue weighted by atomic mass is 32.1. The Bertz CT molecular complexity index is 419. The van der Waals surface area contributed by atoms with Crippen molar-refractivity contribution in [3.63, 3.8) is 0 Å². The SMILES string of the molecule is CC(C)c1nsc(N2CCOCC2CNC2CC2)n1. The highest BCUT2D eigenvalue weighted by molar-refractivity contribution is 7.09. The van der Waals surface area contributed by atoms with Crippen molar-refractivity contribution in [2.45, 2.75) is 44.7 Å². The Morgan fingerprint density at radius 3 is 3.00 bits per heavy atom. The van der Waals surface area contributed by atoms with Crippen LogP contribution in [0.15, 0.2) is 0 Å². The predicted molar refractivity (Wildman–Crippen MR) is 77.0 cm³/mol. The Hall–Kier alpha value is -0.720. The van der Waals surface area contributed by atoms with E-state index in [0.29, 0.717) is 12.0 Å². The molecule has 2 aliphatic rings. The van der Waals surface area contributed by atoms with E-state index in [1.54, 1.807) is 0 Å². The van der Waals surface area contributed by atoms with Crippen LogP contribution in [0.1, 0.15) is 38.4 Å². The largest absolute Gasteiger partial charge is 0.377 e. The van der Waals surface area contributed by atoms with Crippen molar-refractivity contribution >= 4 is 16.7 Å². The molecule has 0 amide bonds. The summed E-state index contributed by atoms with van der Waals surface area (Å²) in [7, 11) is 0. The van der Waals surface area contributed by atoms with Crippen LogP contribution in [0.25, 0.3) is 0 Å².